The van der Waals surface area contributed by atoms with Crippen molar-refractivity contribution in [1.82, 2.24) is 4.90 Å². The highest BCUT2D eigenvalue weighted by atomic mass is 32.1. The Hall–Kier alpha value is -1.81. The Kier molecular flexibility index (Phi) is 4.78. The van der Waals surface area contributed by atoms with Crippen molar-refractivity contribution in [1.29, 1.82) is 0 Å². The van der Waals surface area contributed by atoms with E-state index in [-0.39, 0.29) is 12.5 Å². The van der Waals surface area contributed by atoms with Crippen LogP contribution in [0.3, 0.4) is 0 Å². The van der Waals surface area contributed by atoms with Gasteiger partial charge in [0.2, 0.25) is 0 Å². The number of para-hydroxylation sites is 1. The van der Waals surface area contributed by atoms with Gasteiger partial charge in [0.15, 0.2) is 6.61 Å². The average molecular weight is 315 g/mol. The molecule has 0 atom stereocenters. The van der Waals surface area contributed by atoms with Gasteiger partial charge in [-0.2, -0.15) is 0 Å². The molecule has 1 amide bonds. The molecule has 22 heavy (non-hydrogen) atoms. The number of carbonyl (C=O) groups is 1. The molecule has 0 aliphatic carbocycles. The lowest BCUT2D eigenvalue weighted by molar-refractivity contribution is -0.134. The lowest BCUT2D eigenvalue weighted by Gasteiger charge is -2.31. The van der Waals surface area contributed by atoms with Crippen molar-refractivity contribution < 1.29 is 9.53 Å². The molecule has 2 aromatic rings. The molecule has 3 rings (SSSR count). The molecule has 0 unspecified atom stereocenters. The van der Waals surface area contributed by atoms with E-state index >= 15 is 0 Å². The summed E-state index contributed by atoms with van der Waals surface area (Å²) in [5.41, 5.74) is 1.06. The standard InChI is InChI=1S/C18H21NO2S/c1-14-5-2-3-6-16(14)21-13-18(20)19-10-8-15(9-11-19)17-7-4-12-22-17/h2-7,12,15H,8-11,13H2,1H3. The summed E-state index contributed by atoms with van der Waals surface area (Å²) in [5, 5.41) is 2.13. The van der Waals surface area contributed by atoms with E-state index in [4.69, 9.17) is 4.74 Å². The number of aryl methyl sites for hydroxylation is 1. The van der Waals surface area contributed by atoms with Gasteiger partial charge in [0.05, 0.1) is 0 Å². The van der Waals surface area contributed by atoms with Gasteiger partial charge in [0, 0.05) is 18.0 Å². The topological polar surface area (TPSA) is 29.5 Å². The largest absolute Gasteiger partial charge is 0.484 e. The number of hydrogen-bond acceptors (Lipinski definition) is 3. The van der Waals surface area contributed by atoms with E-state index in [0.717, 1.165) is 37.2 Å². The number of ether oxygens (including phenoxy) is 1. The lowest BCUT2D eigenvalue weighted by atomic mass is 9.95. The Labute approximate surface area is 135 Å². The van der Waals surface area contributed by atoms with Crippen molar-refractivity contribution in [2.24, 2.45) is 0 Å². The number of benzene rings is 1. The normalized spacial score (nSPS) is 15.8. The van der Waals surface area contributed by atoms with Crippen LogP contribution in [0.5, 0.6) is 5.75 Å². The van der Waals surface area contributed by atoms with E-state index in [1.165, 1.54) is 4.88 Å². The average Bonchev–Trinajstić information content (AvgIpc) is 3.08. The third-order valence-electron chi connectivity index (χ3n) is 4.24. The SMILES string of the molecule is Cc1ccccc1OCC(=O)N1CCC(c2cccs2)CC1. The molecule has 1 aliphatic heterocycles. The van der Waals surface area contributed by atoms with Gasteiger partial charge in [-0.15, -0.1) is 11.3 Å². The van der Waals surface area contributed by atoms with Crippen LogP contribution in [0.15, 0.2) is 41.8 Å². The van der Waals surface area contributed by atoms with E-state index in [1.54, 1.807) is 0 Å². The molecule has 1 aromatic carbocycles. The van der Waals surface area contributed by atoms with Crippen molar-refractivity contribution >= 4 is 17.2 Å². The summed E-state index contributed by atoms with van der Waals surface area (Å²) in [6.45, 7) is 3.79. The predicted octanol–water partition coefficient (Wildman–Crippen LogP) is 3.84. The molecule has 1 aromatic heterocycles. The van der Waals surface area contributed by atoms with E-state index in [9.17, 15) is 4.79 Å². The Bertz CT molecular complexity index is 616. The van der Waals surface area contributed by atoms with E-state index < -0.39 is 0 Å². The summed E-state index contributed by atoms with van der Waals surface area (Å²) in [7, 11) is 0. The van der Waals surface area contributed by atoms with Gasteiger partial charge in [-0.05, 0) is 48.8 Å². The van der Waals surface area contributed by atoms with Crippen LogP contribution in [0.25, 0.3) is 0 Å². The number of thiophene rings is 1. The first-order valence-corrected chi connectivity index (χ1v) is 8.61. The number of piperidine rings is 1. The first-order chi connectivity index (χ1) is 10.7. The van der Waals surface area contributed by atoms with Gasteiger partial charge in [-0.25, -0.2) is 0 Å². The van der Waals surface area contributed by atoms with Crippen LogP contribution in [0.2, 0.25) is 0 Å². The summed E-state index contributed by atoms with van der Waals surface area (Å²) >= 11 is 1.82. The van der Waals surface area contributed by atoms with Crippen molar-refractivity contribution in [3.8, 4) is 5.75 Å². The van der Waals surface area contributed by atoms with E-state index in [0.29, 0.717) is 5.92 Å². The maximum Gasteiger partial charge on any atom is 0.260 e. The molecule has 2 heterocycles. The second-order valence-corrected chi connectivity index (χ2v) is 6.70. The highest BCUT2D eigenvalue weighted by Crippen LogP contribution is 2.31. The fourth-order valence-corrected chi connectivity index (χ4v) is 3.79. The fraction of sp³-hybridized carbons (Fsp3) is 0.389. The molecule has 0 radical (unpaired) electrons. The van der Waals surface area contributed by atoms with E-state index in [1.807, 2.05) is 47.4 Å². The molecule has 0 saturated carbocycles. The molecule has 0 N–H and O–H groups in total. The monoisotopic (exact) mass is 315 g/mol. The van der Waals surface area contributed by atoms with Gasteiger partial charge in [-0.3, -0.25) is 4.79 Å². The molecule has 4 heteroatoms. The summed E-state index contributed by atoms with van der Waals surface area (Å²) in [6, 6.07) is 12.1. The highest BCUT2D eigenvalue weighted by molar-refractivity contribution is 7.10. The number of amides is 1. The Morgan fingerprint density at radius 3 is 2.68 bits per heavy atom. The minimum atomic E-state index is 0.0906. The third kappa shape index (κ3) is 3.50. The minimum Gasteiger partial charge on any atom is -0.484 e. The predicted molar refractivity (Wildman–Crippen MR) is 89.5 cm³/mol. The van der Waals surface area contributed by atoms with Crippen LogP contribution >= 0.6 is 11.3 Å². The Morgan fingerprint density at radius 2 is 2.00 bits per heavy atom. The minimum absolute atomic E-state index is 0.0906. The van der Waals surface area contributed by atoms with Crippen molar-refractivity contribution in [3.05, 3.63) is 52.2 Å². The smallest absolute Gasteiger partial charge is 0.260 e. The van der Waals surface area contributed by atoms with Crippen LogP contribution < -0.4 is 4.74 Å². The Balaban J connectivity index is 1.49. The van der Waals surface area contributed by atoms with Crippen LogP contribution in [0.1, 0.15) is 29.2 Å². The first-order valence-electron chi connectivity index (χ1n) is 7.73. The van der Waals surface area contributed by atoms with Gasteiger partial charge in [-0.1, -0.05) is 24.3 Å². The van der Waals surface area contributed by atoms with Crippen LogP contribution in [0, 0.1) is 6.92 Å². The molecule has 0 spiro atoms. The van der Waals surface area contributed by atoms with Crippen molar-refractivity contribution in [3.63, 3.8) is 0 Å². The zero-order chi connectivity index (χ0) is 15.4. The molecule has 3 nitrogen and oxygen atoms in total. The fourth-order valence-electron chi connectivity index (χ4n) is 2.89. The zero-order valence-electron chi connectivity index (χ0n) is 12.8. The maximum absolute atomic E-state index is 12.3. The van der Waals surface area contributed by atoms with Crippen LogP contribution in [-0.4, -0.2) is 30.5 Å². The number of rotatable bonds is 4. The van der Waals surface area contributed by atoms with Crippen LogP contribution in [-0.2, 0) is 4.79 Å². The highest BCUT2D eigenvalue weighted by Gasteiger charge is 2.24. The van der Waals surface area contributed by atoms with Gasteiger partial charge in [0.1, 0.15) is 5.75 Å². The molecular weight excluding hydrogens is 294 g/mol. The maximum atomic E-state index is 12.3. The quantitative estimate of drug-likeness (QED) is 0.858. The second kappa shape index (κ2) is 6.97. The summed E-state index contributed by atoms with van der Waals surface area (Å²) in [4.78, 5) is 15.7. The van der Waals surface area contributed by atoms with Gasteiger partial charge in [0.25, 0.3) is 5.91 Å². The Morgan fingerprint density at radius 1 is 1.23 bits per heavy atom. The molecule has 116 valence electrons. The zero-order valence-corrected chi connectivity index (χ0v) is 13.6. The number of carbonyl (C=O) groups excluding carboxylic acids is 1. The molecule has 0 bridgehead atoms. The second-order valence-electron chi connectivity index (χ2n) is 5.72. The number of likely N-dealkylation sites (tertiary alicyclic amines) is 1. The molecule has 1 aliphatic rings. The number of hydrogen-bond donors (Lipinski definition) is 0. The summed E-state index contributed by atoms with van der Waals surface area (Å²) < 4.78 is 5.66. The summed E-state index contributed by atoms with van der Waals surface area (Å²) in [5.74, 6) is 1.50. The van der Waals surface area contributed by atoms with Crippen molar-refractivity contribution in [2.45, 2.75) is 25.7 Å². The third-order valence-corrected chi connectivity index (χ3v) is 5.27. The first kappa shape index (κ1) is 15.1. The molecule has 1 fully saturated rings. The lowest BCUT2D eigenvalue weighted by Crippen LogP contribution is -2.40. The van der Waals surface area contributed by atoms with E-state index in [2.05, 4.69) is 17.5 Å². The van der Waals surface area contributed by atoms with Crippen molar-refractivity contribution in [2.75, 3.05) is 19.7 Å². The van der Waals surface area contributed by atoms with Crippen LogP contribution in [0.4, 0.5) is 0 Å². The number of nitrogens with zero attached hydrogens (tertiary/aromatic N) is 1. The summed E-state index contributed by atoms with van der Waals surface area (Å²) in [6.07, 6.45) is 2.10. The molecule has 1 saturated heterocycles. The molecular formula is C18H21NO2S. The van der Waals surface area contributed by atoms with Gasteiger partial charge < -0.3 is 9.64 Å². The van der Waals surface area contributed by atoms with Gasteiger partial charge >= 0.3 is 0 Å².